The Morgan fingerprint density at radius 2 is 1.61 bits per heavy atom. The molecule has 0 spiro atoms. The largest absolute Gasteiger partial charge is 0.481 e. The fraction of sp³-hybridized carbons (Fsp3) is 0.447. The molecule has 1 unspecified atom stereocenters. The van der Waals surface area contributed by atoms with Crippen LogP contribution in [-0.2, 0) is 68.0 Å². The molecule has 7 rings (SSSR count). The first-order chi connectivity index (χ1) is 37.3. The lowest BCUT2D eigenvalue weighted by Gasteiger charge is -2.26. The van der Waals surface area contributed by atoms with E-state index < -0.39 is 89.5 Å². The van der Waals surface area contributed by atoms with Crippen LogP contribution >= 0.6 is 15.6 Å². The molecule has 0 bridgehead atoms. The van der Waals surface area contributed by atoms with Gasteiger partial charge in [0.05, 0.1) is 34.7 Å². The number of nitrogens with two attached hydrogens (primary N) is 1. The summed E-state index contributed by atoms with van der Waals surface area (Å²) in [5.41, 5.74) is 7.74. The number of nitrogens with zero attached hydrogens (tertiary/aromatic N) is 5. The maximum absolute atomic E-state index is 13.0. The van der Waals surface area contributed by atoms with Crippen LogP contribution in [0.3, 0.4) is 0 Å². The number of aromatic nitrogens is 4. The number of aliphatic hydroxyl groups excluding tert-OH is 1. The minimum atomic E-state index is -5.51. The minimum absolute atomic E-state index is 0.0577. The molecule has 3 aliphatic heterocycles. The zero-order valence-electron chi connectivity index (χ0n) is 43.7. The van der Waals surface area contributed by atoms with Crippen molar-refractivity contribution < 1.29 is 92.1 Å². The molecular formula is C47H62N9O20P2S2+. The summed E-state index contributed by atoms with van der Waals surface area (Å²) in [7, 11) is -18.3. The van der Waals surface area contributed by atoms with E-state index in [0.29, 0.717) is 50.1 Å². The number of rotatable bonds is 24. The molecule has 1 fully saturated rings. The third kappa shape index (κ3) is 14.2. The lowest BCUT2D eigenvalue weighted by molar-refractivity contribution is -0.438. The maximum Gasteiger partial charge on any atom is 0.481 e. The van der Waals surface area contributed by atoms with Crippen molar-refractivity contribution in [1.82, 2.24) is 30.2 Å². The first kappa shape index (κ1) is 61.6. The van der Waals surface area contributed by atoms with E-state index in [1.54, 1.807) is 19.2 Å². The number of carbonyl (C=O) groups excluding carboxylic acids is 2. The van der Waals surface area contributed by atoms with Gasteiger partial charge in [-0.05, 0) is 68.7 Å². The van der Waals surface area contributed by atoms with Gasteiger partial charge in [0.25, 0.3) is 25.8 Å². The number of aliphatic hydroxyl groups is 1. The average molecular weight is 1200 g/mol. The molecule has 3 aliphatic rings. The first-order valence-corrected chi connectivity index (χ1v) is 30.5. The van der Waals surface area contributed by atoms with Gasteiger partial charge in [0.1, 0.15) is 18.8 Å². The average Bonchev–Trinajstić information content (AvgIpc) is 4.26. The minimum Gasteiger partial charge on any atom is -0.439 e. The van der Waals surface area contributed by atoms with Crippen molar-refractivity contribution in [3.05, 3.63) is 100 Å². The van der Waals surface area contributed by atoms with Crippen LogP contribution in [0.15, 0.2) is 93.4 Å². The van der Waals surface area contributed by atoms with Crippen molar-refractivity contribution in [2.45, 2.75) is 98.5 Å². The molecule has 436 valence electrons. The van der Waals surface area contributed by atoms with Gasteiger partial charge in [0.2, 0.25) is 17.5 Å². The van der Waals surface area contributed by atoms with Crippen LogP contribution in [0.4, 0.5) is 22.1 Å². The molecule has 2 amide bonds. The molecule has 2 aromatic carbocycles. The Balaban J connectivity index is 0.953. The molecule has 0 saturated carbocycles. The number of allylic oxidation sites excluding steroid dienone is 6. The molecular weight excluding hydrogens is 1140 g/mol. The number of hydrogen-bond donors (Lipinski definition) is 10. The number of fused-ring (bicyclic) bond motifs is 3. The number of methoxy groups -OCH3 is 1. The number of imidazole rings is 1. The fourth-order valence-electron chi connectivity index (χ4n) is 9.67. The third-order valence-corrected chi connectivity index (χ3v) is 17.3. The van der Waals surface area contributed by atoms with E-state index in [2.05, 4.69) is 39.0 Å². The number of unbranched alkanes of at least 4 members (excludes halogenated alkanes) is 2. The summed E-state index contributed by atoms with van der Waals surface area (Å²) in [5.74, 6) is -0.668. The third-order valence-electron chi connectivity index (χ3n) is 13.5. The zero-order valence-corrected chi connectivity index (χ0v) is 47.2. The monoisotopic (exact) mass is 1200 g/mol. The number of alkyl carbamates (subject to hydrolysis) is 1. The summed E-state index contributed by atoms with van der Waals surface area (Å²) in [6.45, 7) is 7.85. The number of phosphoric ester groups is 1. The smallest absolute Gasteiger partial charge is 0.439 e. The number of carbonyl (C=O) groups is 2. The molecule has 1 saturated heterocycles. The predicted molar refractivity (Wildman–Crippen MR) is 285 cm³/mol. The van der Waals surface area contributed by atoms with E-state index in [1.165, 1.54) is 24.3 Å². The van der Waals surface area contributed by atoms with Gasteiger partial charge < -0.3 is 55.3 Å². The van der Waals surface area contributed by atoms with Crippen LogP contribution < -0.4 is 26.8 Å². The van der Waals surface area contributed by atoms with Crippen molar-refractivity contribution in [2.75, 3.05) is 57.1 Å². The van der Waals surface area contributed by atoms with Crippen LogP contribution in [0.5, 0.6) is 0 Å². The Bertz CT molecular complexity index is 3560. The van der Waals surface area contributed by atoms with Crippen molar-refractivity contribution in [3.8, 4) is 0 Å². The molecule has 5 heterocycles. The van der Waals surface area contributed by atoms with Crippen LogP contribution in [0.25, 0.3) is 11.2 Å². The van der Waals surface area contributed by atoms with E-state index in [4.69, 9.17) is 29.7 Å². The van der Waals surface area contributed by atoms with E-state index in [0.717, 1.165) is 33.7 Å². The summed E-state index contributed by atoms with van der Waals surface area (Å²) in [6.07, 6.45) is 4.39. The second-order valence-corrected chi connectivity index (χ2v) is 25.3. The molecule has 11 N–H and O–H groups in total. The second kappa shape index (κ2) is 24.2. The molecule has 0 radical (unpaired) electrons. The van der Waals surface area contributed by atoms with Gasteiger partial charge in [-0.25, -0.2) is 18.9 Å². The standard InChI is InChI=1S/C47H61N9O20P2S2/c1-46(2)30-24-28(79(66,67)68)15-17-32(30)54(35(46)12-8-6-9-13-36-47(3,4)31-25-29(80(69,70)71)16-18-33(31)55(36)22-23-72-5)21-11-7-10-14-37(57)49-19-20-50-45(60)75-40-39(58)34(26-73-78(64,65)76-77(61,62)63)74-43(40)56-27-51-38-41(56)52-44(48)53-42(38)59/h6,8-9,12-13,15-18,24-25,27,34,39-40,43,58H,7,10-11,14,19-23,26H2,1-5H3,(H9-,48,49,50,52,53,57,59,60,61,62,63,64,65,66,67,68,69,70,71)/p+1/t34-,39-,40-,43-/m1/s1. The van der Waals surface area contributed by atoms with Crippen molar-refractivity contribution >= 4 is 82.1 Å². The Kier molecular flexibility index (Phi) is 18.6. The summed E-state index contributed by atoms with van der Waals surface area (Å²) >= 11 is 0. The molecule has 0 aliphatic carbocycles. The van der Waals surface area contributed by atoms with Gasteiger partial charge in [0.15, 0.2) is 29.2 Å². The number of nitrogens with one attached hydrogen (secondary N) is 3. The maximum atomic E-state index is 13.0. The Morgan fingerprint density at radius 3 is 2.29 bits per heavy atom. The normalized spacial score (nSPS) is 21.2. The zero-order chi connectivity index (χ0) is 58.8. The second-order valence-electron chi connectivity index (χ2n) is 19.7. The van der Waals surface area contributed by atoms with E-state index in [-0.39, 0.29) is 52.3 Å². The van der Waals surface area contributed by atoms with Crippen LogP contribution in [-0.4, -0.2) is 152 Å². The van der Waals surface area contributed by atoms with E-state index in [1.807, 2.05) is 63.0 Å². The molecule has 2 aromatic heterocycles. The van der Waals surface area contributed by atoms with Crippen molar-refractivity contribution in [1.29, 1.82) is 0 Å². The van der Waals surface area contributed by atoms with E-state index in [9.17, 15) is 59.5 Å². The lowest BCUT2D eigenvalue weighted by Crippen LogP contribution is -2.41. The van der Waals surface area contributed by atoms with Gasteiger partial charge in [-0.2, -0.15) is 30.7 Å². The Morgan fingerprint density at radius 1 is 0.938 bits per heavy atom. The number of hydrogen-bond acceptors (Lipinski definition) is 19. The predicted octanol–water partition coefficient (Wildman–Crippen LogP) is 2.97. The molecule has 5 atom stereocenters. The number of benzene rings is 2. The number of phosphoric acid groups is 2. The summed E-state index contributed by atoms with van der Waals surface area (Å²) in [5, 5.41) is 16.3. The van der Waals surface area contributed by atoms with Gasteiger partial charge >= 0.3 is 21.7 Å². The SMILES string of the molecule is COCCN1C(=CC=CC=CC2=[N+](CCCCCC(=O)NCCNC(=O)O[C@@H]3[C@H](O)[C@@H](COP(=O)(O)OP(=O)(O)O)O[C@H]3n3cnc4c(=O)[nH]c(N)nc43)c3ccc(S(=O)(=O)O)cc3C2(C)C)C(C)(C)c2cc(S(=O)(=O)O)ccc21. The number of ether oxygens (including phenoxy) is 3. The van der Waals surface area contributed by atoms with Gasteiger partial charge in [-0.15, -0.1) is 0 Å². The Labute approximate surface area is 458 Å². The summed E-state index contributed by atoms with van der Waals surface area (Å²) in [4.78, 5) is 77.9. The van der Waals surface area contributed by atoms with Gasteiger partial charge in [-0.3, -0.25) is 32.8 Å². The highest BCUT2D eigenvalue weighted by molar-refractivity contribution is 7.86. The van der Waals surface area contributed by atoms with E-state index >= 15 is 0 Å². The number of H-pyrrole nitrogens is 1. The molecule has 29 nitrogen and oxygen atoms in total. The van der Waals surface area contributed by atoms with Gasteiger partial charge in [0, 0.05) is 74.1 Å². The topological polar surface area (TPSA) is 424 Å². The molecule has 80 heavy (non-hydrogen) atoms. The van der Waals surface area contributed by atoms with Crippen LogP contribution in [0.1, 0.15) is 70.7 Å². The highest BCUT2D eigenvalue weighted by Gasteiger charge is 2.50. The lowest BCUT2D eigenvalue weighted by atomic mass is 9.81. The van der Waals surface area contributed by atoms with Crippen molar-refractivity contribution in [2.24, 2.45) is 0 Å². The molecule has 33 heteroatoms. The number of nitrogen functional groups attached to an aromatic ring is 1. The fourth-order valence-corrected chi connectivity index (χ4v) is 12.3. The number of amides is 2. The Hall–Kier alpha value is -6.02. The highest BCUT2D eigenvalue weighted by atomic mass is 32.2. The quantitative estimate of drug-likeness (QED) is 0.0158. The highest BCUT2D eigenvalue weighted by Crippen LogP contribution is 2.58. The number of aromatic amines is 1. The van der Waals surface area contributed by atoms with Crippen LogP contribution in [0, 0.1) is 0 Å². The number of anilines is 2. The van der Waals surface area contributed by atoms with Crippen molar-refractivity contribution in [3.63, 3.8) is 0 Å². The summed E-state index contributed by atoms with van der Waals surface area (Å²) < 4.78 is 120. The summed E-state index contributed by atoms with van der Waals surface area (Å²) in [6, 6.07) is 8.92. The van der Waals surface area contributed by atoms with Gasteiger partial charge in [-0.1, -0.05) is 32.1 Å². The van der Waals surface area contributed by atoms with Crippen LogP contribution in [0.2, 0.25) is 0 Å². The molecule has 4 aromatic rings. The first-order valence-electron chi connectivity index (χ1n) is 24.6.